The summed E-state index contributed by atoms with van der Waals surface area (Å²) in [6, 6.07) is 34.3. The molecule has 0 atom stereocenters. The van der Waals surface area contributed by atoms with E-state index in [-0.39, 0.29) is 5.69 Å². The Morgan fingerprint density at radius 2 is 0.974 bits per heavy atom. The first kappa shape index (κ1) is 23.8. The van der Waals surface area contributed by atoms with Crippen molar-refractivity contribution < 1.29 is 9.90 Å². The van der Waals surface area contributed by atoms with Crippen molar-refractivity contribution in [2.75, 3.05) is 0 Å². The molecule has 0 radical (unpaired) electrons. The fourth-order valence-electron chi connectivity index (χ4n) is 4.26. The maximum absolute atomic E-state index is 11.3. The van der Waals surface area contributed by atoms with Gasteiger partial charge in [-0.1, -0.05) is 48.5 Å². The summed E-state index contributed by atoms with van der Waals surface area (Å²) in [5.41, 5.74) is 7.91. The predicted molar refractivity (Wildman–Crippen MR) is 150 cm³/mol. The summed E-state index contributed by atoms with van der Waals surface area (Å²) < 4.78 is 0. The number of carboxylic acids is 1. The van der Waals surface area contributed by atoms with Crippen molar-refractivity contribution in [1.82, 2.24) is 24.9 Å². The molecule has 6 rings (SSSR count). The summed E-state index contributed by atoms with van der Waals surface area (Å²) in [7, 11) is 0. The number of hydrogen-bond donors (Lipinski definition) is 1. The molecule has 0 aliphatic carbocycles. The zero-order valence-electron chi connectivity index (χ0n) is 20.6. The van der Waals surface area contributed by atoms with Crippen molar-refractivity contribution in [1.29, 1.82) is 0 Å². The van der Waals surface area contributed by atoms with Crippen LogP contribution in [0.5, 0.6) is 0 Å². The summed E-state index contributed by atoms with van der Waals surface area (Å²) >= 11 is 0. The Bertz CT molecular complexity index is 1720. The molecule has 6 aromatic rings. The van der Waals surface area contributed by atoms with Crippen molar-refractivity contribution in [3.05, 3.63) is 127 Å². The zero-order chi connectivity index (χ0) is 26.6. The lowest BCUT2D eigenvalue weighted by Gasteiger charge is -2.10. The van der Waals surface area contributed by atoms with Gasteiger partial charge in [-0.3, -0.25) is 9.97 Å². The highest BCUT2D eigenvalue weighted by Gasteiger charge is 2.12. The van der Waals surface area contributed by atoms with Crippen molar-refractivity contribution in [3.8, 4) is 56.5 Å². The zero-order valence-corrected chi connectivity index (χ0v) is 20.6. The van der Waals surface area contributed by atoms with Gasteiger partial charge in [-0.05, 0) is 71.8 Å². The Morgan fingerprint density at radius 1 is 0.462 bits per heavy atom. The highest BCUT2D eigenvalue weighted by Crippen LogP contribution is 2.30. The van der Waals surface area contributed by atoms with Gasteiger partial charge < -0.3 is 5.11 Å². The first-order valence-corrected chi connectivity index (χ1v) is 12.3. The smallest absolute Gasteiger partial charge is 0.354 e. The molecule has 186 valence electrons. The third-order valence-corrected chi connectivity index (χ3v) is 6.17. The second-order valence-corrected chi connectivity index (χ2v) is 8.75. The molecule has 5 heterocycles. The van der Waals surface area contributed by atoms with Gasteiger partial charge in [-0.25, -0.2) is 19.7 Å². The maximum Gasteiger partial charge on any atom is 0.354 e. The molecule has 0 aliphatic heterocycles. The van der Waals surface area contributed by atoms with Crippen LogP contribution in [0.15, 0.2) is 122 Å². The highest BCUT2D eigenvalue weighted by atomic mass is 16.4. The molecule has 7 nitrogen and oxygen atoms in total. The van der Waals surface area contributed by atoms with Crippen molar-refractivity contribution in [3.63, 3.8) is 0 Å². The number of carboxylic acid groups (broad SMARTS) is 1. The lowest BCUT2D eigenvalue weighted by Crippen LogP contribution is -2.01. The molecular weight excluding hydrogens is 486 g/mol. The van der Waals surface area contributed by atoms with Crippen LogP contribution in [-0.4, -0.2) is 36.0 Å². The Labute approximate surface area is 224 Å². The van der Waals surface area contributed by atoms with Crippen LogP contribution in [-0.2, 0) is 0 Å². The molecule has 1 N–H and O–H groups in total. The number of aromatic nitrogens is 5. The number of pyridine rings is 5. The van der Waals surface area contributed by atoms with Crippen LogP contribution in [0, 0.1) is 0 Å². The number of carbonyl (C=O) groups is 1. The number of aromatic carboxylic acids is 1. The number of benzene rings is 1. The molecule has 5 aromatic heterocycles. The molecule has 0 aliphatic rings. The maximum atomic E-state index is 11.3. The number of nitrogens with zero attached hydrogens (tertiary/aromatic N) is 5. The molecular formula is C32H21N5O2. The van der Waals surface area contributed by atoms with Crippen molar-refractivity contribution in [2.45, 2.75) is 0 Å². The molecule has 0 spiro atoms. The Hall–Kier alpha value is -5.56. The second kappa shape index (κ2) is 10.4. The molecule has 0 amide bonds. The van der Waals surface area contributed by atoms with Crippen LogP contribution < -0.4 is 0 Å². The average Bonchev–Trinajstić information content (AvgIpc) is 3.02. The topological polar surface area (TPSA) is 102 Å². The van der Waals surface area contributed by atoms with Crippen LogP contribution >= 0.6 is 0 Å². The van der Waals surface area contributed by atoms with Gasteiger partial charge in [0.05, 0.1) is 39.9 Å². The molecule has 39 heavy (non-hydrogen) atoms. The van der Waals surface area contributed by atoms with Gasteiger partial charge in [0.1, 0.15) is 5.69 Å². The van der Waals surface area contributed by atoms with Crippen LogP contribution in [0.1, 0.15) is 10.5 Å². The van der Waals surface area contributed by atoms with Gasteiger partial charge in [0.2, 0.25) is 0 Å². The first-order valence-electron chi connectivity index (χ1n) is 12.3. The van der Waals surface area contributed by atoms with E-state index in [0.29, 0.717) is 11.4 Å². The van der Waals surface area contributed by atoms with Gasteiger partial charge in [0.25, 0.3) is 0 Å². The third kappa shape index (κ3) is 5.14. The first-order chi connectivity index (χ1) is 19.1. The molecule has 0 unspecified atom stereocenters. The van der Waals surface area contributed by atoms with E-state index in [0.717, 1.165) is 45.2 Å². The van der Waals surface area contributed by atoms with Gasteiger partial charge >= 0.3 is 5.97 Å². The van der Waals surface area contributed by atoms with E-state index >= 15 is 0 Å². The minimum absolute atomic E-state index is 0.0171. The lowest BCUT2D eigenvalue weighted by molar-refractivity contribution is 0.0690. The summed E-state index contributed by atoms with van der Waals surface area (Å²) in [5, 5.41) is 9.28. The van der Waals surface area contributed by atoms with Gasteiger partial charge in [-0.2, -0.15) is 0 Å². The average molecular weight is 508 g/mol. The molecule has 0 fully saturated rings. The van der Waals surface area contributed by atoms with Crippen molar-refractivity contribution >= 4 is 5.97 Å². The largest absolute Gasteiger partial charge is 0.477 e. The Morgan fingerprint density at radius 3 is 1.56 bits per heavy atom. The minimum Gasteiger partial charge on any atom is -0.477 e. The van der Waals surface area contributed by atoms with E-state index < -0.39 is 5.97 Å². The summed E-state index contributed by atoms with van der Waals surface area (Å²) in [4.78, 5) is 34.1. The van der Waals surface area contributed by atoms with Gasteiger partial charge in [-0.15, -0.1) is 0 Å². The lowest BCUT2D eigenvalue weighted by atomic mass is 10.0. The standard InChI is InChI=1S/C32H21N5O2/c38-32(39)29-12-6-11-28(36-29)27-10-5-9-24(35-27)22-15-13-21(14-16-22)23-19-30(25-7-1-3-17-33-25)37-31(20-23)26-8-2-4-18-34-26/h1-20H,(H,38,39). The molecule has 1 aromatic carbocycles. The molecule has 7 heteroatoms. The van der Waals surface area contributed by atoms with E-state index in [1.807, 2.05) is 91.0 Å². The third-order valence-electron chi connectivity index (χ3n) is 6.17. The molecule has 0 bridgehead atoms. The number of rotatable bonds is 6. The van der Waals surface area contributed by atoms with E-state index in [1.54, 1.807) is 24.5 Å². The van der Waals surface area contributed by atoms with E-state index in [4.69, 9.17) is 9.97 Å². The van der Waals surface area contributed by atoms with Crippen LogP contribution in [0.4, 0.5) is 0 Å². The SMILES string of the molecule is O=C(O)c1cccc(-c2cccc(-c3ccc(-c4cc(-c5ccccn5)nc(-c5ccccn5)c4)cc3)n2)n1. The Kier molecular flexibility index (Phi) is 6.37. The predicted octanol–water partition coefficient (Wildman–Crippen LogP) is 6.69. The minimum atomic E-state index is -1.07. The van der Waals surface area contributed by atoms with E-state index in [2.05, 4.69) is 15.0 Å². The monoisotopic (exact) mass is 507 g/mol. The number of hydrogen-bond acceptors (Lipinski definition) is 6. The fourth-order valence-corrected chi connectivity index (χ4v) is 4.26. The van der Waals surface area contributed by atoms with Crippen LogP contribution in [0.25, 0.3) is 56.5 Å². The summed E-state index contributed by atoms with van der Waals surface area (Å²) in [6.45, 7) is 0. The van der Waals surface area contributed by atoms with Crippen LogP contribution in [0.3, 0.4) is 0 Å². The second-order valence-electron chi connectivity index (χ2n) is 8.75. The Balaban J connectivity index is 1.36. The van der Waals surface area contributed by atoms with Gasteiger partial charge in [0.15, 0.2) is 0 Å². The highest BCUT2D eigenvalue weighted by molar-refractivity contribution is 5.86. The van der Waals surface area contributed by atoms with Crippen molar-refractivity contribution in [2.24, 2.45) is 0 Å². The van der Waals surface area contributed by atoms with E-state index in [1.165, 1.54) is 6.07 Å². The quantitative estimate of drug-likeness (QED) is 0.268. The summed E-state index contributed by atoms with van der Waals surface area (Å²) in [6.07, 6.45) is 3.51. The molecule has 0 saturated carbocycles. The van der Waals surface area contributed by atoms with Gasteiger partial charge in [0, 0.05) is 18.0 Å². The normalized spacial score (nSPS) is 10.8. The van der Waals surface area contributed by atoms with Crippen LogP contribution in [0.2, 0.25) is 0 Å². The van der Waals surface area contributed by atoms with E-state index in [9.17, 15) is 9.90 Å². The fraction of sp³-hybridized carbons (Fsp3) is 0. The summed E-state index contributed by atoms with van der Waals surface area (Å²) in [5.74, 6) is -1.07. The molecule has 0 saturated heterocycles.